The van der Waals surface area contributed by atoms with Crippen LogP contribution in [-0.2, 0) is 28.6 Å². The van der Waals surface area contributed by atoms with Gasteiger partial charge in [0.05, 0.1) is 0 Å². The monoisotopic (exact) mass is 1130 g/mol. The average molecular weight is 1130 g/mol. The molecule has 0 aromatic carbocycles. The van der Waals surface area contributed by atoms with E-state index in [-0.39, 0.29) is 31.1 Å². The summed E-state index contributed by atoms with van der Waals surface area (Å²) in [4.78, 5) is 38.4. The normalized spacial score (nSPS) is 12.4. The standard InChI is InChI=1S/C75H136O6/c1-4-7-10-13-16-19-22-25-28-30-31-32-33-34-35-36-37-38-39-40-41-42-43-44-46-47-50-53-56-59-62-65-68-74(77)80-71-72(70-79-73(76)67-64-61-58-55-52-49-27-24-21-18-15-12-9-6-3)81-75(78)69-66-63-60-57-54-51-48-45-29-26-23-20-17-14-11-8-5-2/h8,11,17,20,24,26-27,29,48,51,72H,4-7,9-10,12-16,18-19,21-23,25,28,30-47,49-50,52-71H2,1-3H3/b11-8-,20-17-,27-24-,29-26-,51-48-. The van der Waals surface area contributed by atoms with Gasteiger partial charge in [-0.1, -0.05) is 338 Å². The zero-order valence-corrected chi connectivity index (χ0v) is 54.3. The van der Waals surface area contributed by atoms with Crippen molar-refractivity contribution in [3.8, 4) is 0 Å². The highest BCUT2D eigenvalue weighted by Gasteiger charge is 2.19. The van der Waals surface area contributed by atoms with Crippen LogP contribution in [-0.4, -0.2) is 37.2 Å². The van der Waals surface area contributed by atoms with Crippen LogP contribution in [0.4, 0.5) is 0 Å². The Balaban J connectivity index is 4.16. The molecule has 0 amide bonds. The summed E-state index contributed by atoms with van der Waals surface area (Å²) in [6, 6.07) is 0. The van der Waals surface area contributed by atoms with E-state index < -0.39 is 6.10 Å². The highest BCUT2D eigenvalue weighted by molar-refractivity contribution is 5.71. The molecular weight excluding hydrogens is 997 g/mol. The number of allylic oxidation sites excluding steroid dienone is 10. The number of carbonyl (C=O) groups excluding carboxylic acids is 3. The predicted molar refractivity (Wildman–Crippen MR) is 353 cm³/mol. The van der Waals surface area contributed by atoms with Gasteiger partial charge in [-0.05, 0) is 83.5 Å². The molecule has 0 rings (SSSR count). The summed E-state index contributed by atoms with van der Waals surface area (Å²) in [5.74, 6) is -0.896. The summed E-state index contributed by atoms with van der Waals surface area (Å²) in [6.07, 6.45) is 89.9. The van der Waals surface area contributed by atoms with E-state index in [1.165, 1.54) is 238 Å². The molecule has 0 aromatic heterocycles. The first-order valence-corrected chi connectivity index (χ1v) is 35.8. The molecule has 0 saturated heterocycles. The second kappa shape index (κ2) is 69.6. The Morgan fingerprint density at radius 2 is 0.481 bits per heavy atom. The Kier molecular flexibility index (Phi) is 67.1. The molecule has 0 heterocycles. The summed E-state index contributed by atoms with van der Waals surface area (Å²) in [7, 11) is 0. The SMILES string of the molecule is CC/C=C\C/C=C\C/C=C\C/C=C\CCCCCCC(=O)OC(COC(=O)CCCCCCC/C=C\CCCCCCC)COC(=O)CCCCCCCCCCCCCCCCCCCCCCCCCCCCCCCCCC. The number of carbonyl (C=O) groups is 3. The van der Waals surface area contributed by atoms with Gasteiger partial charge in [-0.15, -0.1) is 0 Å². The van der Waals surface area contributed by atoms with Crippen LogP contribution in [0.25, 0.3) is 0 Å². The van der Waals surface area contributed by atoms with Crippen molar-refractivity contribution in [1.29, 1.82) is 0 Å². The van der Waals surface area contributed by atoms with E-state index in [9.17, 15) is 14.4 Å². The molecule has 6 nitrogen and oxygen atoms in total. The fraction of sp³-hybridized carbons (Fsp3) is 0.827. The lowest BCUT2D eigenvalue weighted by Crippen LogP contribution is -2.30. The molecule has 0 radical (unpaired) electrons. The van der Waals surface area contributed by atoms with Crippen molar-refractivity contribution >= 4 is 17.9 Å². The van der Waals surface area contributed by atoms with Crippen LogP contribution in [0.2, 0.25) is 0 Å². The molecule has 0 saturated carbocycles. The molecule has 1 unspecified atom stereocenters. The van der Waals surface area contributed by atoms with Crippen LogP contribution >= 0.6 is 0 Å². The molecule has 0 aliphatic heterocycles. The number of ether oxygens (including phenoxy) is 3. The first-order valence-electron chi connectivity index (χ1n) is 35.8. The van der Waals surface area contributed by atoms with Gasteiger partial charge in [-0.25, -0.2) is 0 Å². The smallest absolute Gasteiger partial charge is 0.306 e. The van der Waals surface area contributed by atoms with E-state index in [2.05, 4.69) is 81.5 Å². The molecule has 0 aliphatic rings. The van der Waals surface area contributed by atoms with Crippen molar-refractivity contribution in [3.63, 3.8) is 0 Å². The molecule has 0 spiro atoms. The van der Waals surface area contributed by atoms with Gasteiger partial charge < -0.3 is 14.2 Å². The van der Waals surface area contributed by atoms with Crippen molar-refractivity contribution in [1.82, 2.24) is 0 Å². The molecule has 1 atom stereocenters. The quantitative estimate of drug-likeness (QED) is 0.0261. The second-order valence-corrected chi connectivity index (χ2v) is 24.1. The third-order valence-electron chi connectivity index (χ3n) is 16.0. The highest BCUT2D eigenvalue weighted by Crippen LogP contribution is 2.19. The maximum absolute atomic E-state index is 12.9. The van der Waals surface area contributed by atoms with E-state index in [0.717, 1.165) is 103 Å². The summed E-state index contributed by atoms with van der Waals surface area (Å²) in [5.41, 5.74) is 0. The van der Waals surface area contributed by atoms with E-state index in [0.29, 0.717) is 19.3 Å². The zero-order valence-electron chi connectivity index (χ0n) is 54.3. The summed E-state index contributed by atoms with van der Waals surface area (Å²) in [5, 5.41) is 0. The molecule has 0 aromatic rings. The van der Waals surface area contributed by atoms with Crippen LogP contribution < -0.4 is 0 Å². The van der Waals surface area contributed by atoms with Crippen LogP contribution in [0.15, 0.2) is 60.8 Å². The Morgan fingerprint density at radius 1 is 0.259 bits per heavy atom. The Hall–Kier alpha value is -2.89. The minimum Gasteiger partial charge on any atom is -0.462 e. The molecule has 0 fully saturated rings. The van der Waals surface area contributed by atoms with Crippen molar-refractivity contribution in [2.45, 2.75) is 386 Å². The molecule has 472 valence electrons. The summed E-state index contributed by atoms with van der Waals surface area (Å²) >= 11 is 0. The third kappa shape index (κ3) is 67.8. The zero-order chi connectivity index (χ0) is 58.5. The lowest BCUT2D eigenvalue weighted by Gasteiger charge is -2.18. The number of unbranched alkanes of at least 4 members (excludes halogenated alkanes) is 45. The summed E-state index contributed by atoms with van der Waals surface area (Å²) in [6.45, 7) is 6.55. The van der Waals surface area contributed by atoms with Crippen LogP contribution in [0.5, 0.6) is 0 Å². The highest BCUT2D eigenvalue weighted by atomic mass is 16.6. The van der Waals surface area contributed by atoms with Gasteiger partial charge in [0.25, 0.3) is 0 Å². The van der Waals surface area contributed by atoms with Crippen LogP contribution in [0.1, 0.15) is 380 Å². The first kappa shape index (κ1) is 78.1. The number of hydrogen-bond donors (Lipinski definition) is 0. The summed E-state index contributed by atoms with van der Waals surface area (Å²) < 4.78 is 16.9. The van der Waals surface area contributed by atoms with Gasteiger partial charge in [0.1, 0.15) is 13.2 Å². The molecule has 6 heteroatoms. The predicted octanol–water partition coefficient (Wildman–Crippen LogP) is 24.7. The average Bonchev–Trinajstić information content (AvgIpc) is 3.47. The van der Waals surface area contributed by atoms with Crippen LogP contribution in [0.3, 0.4) is 0 Å². The Morgan fingerprint density at radius 3 is 0.765 bits per heavy atom. The second-order valence-electron chi connectivity index (χ2n) is 24.1. The molecule has 0 aliphatic carbocycles. The van der Waals surface area contributed by atoms with Gasteiger partial charge in [-0.2, -0.15) is 0 Å². The fourth-order valence-electron chi connectivity index (χ4n) is 10.7. The molecule has 81 heavy (non-hydrogen) atoms. The number of rotatable bonds is 66. The first-order chi connectivity index (χ1) is 40.0. The topological polar surface area (TPSA) is 78.9 Å². The lowest BCUT2D eigenvalue weighted by molar-refractivity contribution is -0.167. The van der Waals surface area contributed by atoms with E-state index >= 15 is 0 Å². The molecular formula is C75H136O6. The number of esters is 3. The maximum atomic E-state index is 12.9. The van der Waals surface area contributed by atoms with Crippen molar-refractivity contribution in [3.05, 3.63) is 60.8 Å². The van der Waals surface area contributed by atoms with Gasteiger partial charge in [-0.3, -0.25) is 14.4 Å². The number of hydrogen-bond acceptors (Lipinski definition) is 6. The minimum atomic E-state index is -0.791. The third-order valence-corrected chi connectivity index (χ3v) is 16.0. The fourth-order valence-corrected chi connectivity index (χ4v) is 10.7. The molecule has 0 bridgehead atoms. The van der Waals surface area contributed by atoms with Crippen molar-refractivity contribution in [2.75, 3.05) is 13.2 Å². The van der Waals surface area contributed by atoms with Crippen molar-refractivity contribution in [2.24, 2.45) is 0 Å². The largest absolute Gasteiger partial charge is 0.462 e. The lowest BCUT2D eigenvalue weighted by atomic mass is 10.0. The van der Waals surface area contributed by atoms with Gasteiger partial charge in [0.2, 0.25) is 0 Å². The van der Waals surface area contributed by atoms with Gasteiger partial charge in [0.15, 0.2) is 6.10 Å². The molecule has 0 N–H and O–H groups in total. The van der Waals surface area contributed by atoms with Gasteiger partial charge >= 0.3 is 17.9 Å². The van der Waals surface area contributed by atoms with E-state index in [4.69, 9.17) is 14.2 Å². The van der Waals surface area contributed by atoms with Gasteiger partial charge in [0, 0.05) is 19.3 Å². The van der Waals surface area contributed by atoms with Crippen LogP contribution in [0, 0.1) is 0 Å². The maximum Gasteiger partial charge on any atom is 0.306 e. The van der Waals surface area contributed by atoms with E-state index in [1.54, 1.807) is 0 Å². The van der Waals surface area contributed by atoms with Crippen molar-refractivity contribution < 1.29 is 28.6 Å². The Bertz CT molecular complexity index is 1440. The minimum absolute atomic E-state index is 0.0837. The van der Waals surface area contributed by atoms with E-state index in [1.807, 2.05) is 0 Å². The Labute approximate surface area is 504 Å².